The number of nitrogens with one attached hydrogen (secondary N) is 2. The van der Waals surface area contributed by atoms with E-state index >= 15 is 0 Å². The Morgan fingerprint density at radius 1 is 1.20 bits per heavy atom. The molecule has 1 heterocycles. The van der Waals surface area contributed by atoms with Crippen LogP contribution in [-0.2, 0) is 6.42 Å². The Hall–Kier alpha value is -1.54. The number of aliphatic imine (C=N–C) groups is 1. The molecule has 25 heavy (non-hydrogen) atoms. The molecule has 5 nitrogen and oxygen atoms in total. The minimum Gasteiger partial charge on any atom is -0.469 e. The summed E-state index contributed by atoms with van der Waals surface area (Å²) in [5, 5.41) is 16.9. The summed E-state index contributed by atoms with van der Waals surface area (Å²) in [6.45, 7) is 6.01. The fourth-order valence-corrected chi connectivity index (χ4v) is 2.34. The molecule has 0 aliphatic heterocycles. The Morgan fingerprint density at radius 2 is 2.00 bits per heavy atom. The van der Waals surface area contributed by atoms with E-state index in [0.717, 1.165) is 48.8 Å². The summed E-state index contributed by atoms with van der Waals surface area (Å²) in [5.74, 6) is 1.66. The quantitative estimate of drug-likeness (QED) is 0.323. The van der Waals surface area contributed by atoms with E-state index in [0.29, 0.717) is 6.54 Å². The predicted octanol–water partition coefficient (Wildman–Crippen LogP) is 3.43. The first kappa shape index (κ1) is 21.5. The number of rotatable bonds is 8. The van der Waals surface area contributed by atoms with Crippen molar-refractivity contribution in [3.05, 3.63) is 59.5 Å². The topological polar surface area (TPSA) is 69.8 Å². The monoisotopic (exact) mass is 457 g/mol. The van der Waals surface area contributed by atoms with Crippen LogP contribution in [0.4, 0.5) is 0 Å². The SMILES string of the molecule is CCCNC(=NCC(O)c1cccc(C)c1)NCCc1ccco1.I. The van der Waals surface area contributed by atoms with Gasteiger partial charge in [-0.1, -0.05) is 36.8 Å². The fourth-order valence-electron chi connectivity index (χ4n) is 2.34. The molecule has 6 heteroatoms. The Labute approximate surface area is 167 Å². The largest absolute Gasteiger partial charge is 0.469 e. The molecular weight excluding hydrogens is 429 g/mol. The van der Waals surface area contributed by atoms with Crippen LogP contribution in [-0.4, -0.2) is 30.7 Å². The minimum atomic E-state index is -0.602. The number of aliphatic hydroxyl groups is 1. The van der Waals surface area contributed by atoms with Gasteiger partial charge >= 0.3 is 0 Å². The van der Waals surface area contributed by atoms with Crippen LogP contribution >= 0.6 is 24.0 Å². The molecule has 138 valence electrons. The lowest BCUT2D eigenvalue weighted by Crippen LogP contribution is -2.39. The van der Waals surface area contributed by atoms with Gasteiger partial charge in [0.2, 0.25) is 0 Å². The average molecular weight is 457 g/mol. The second-order valence-corrected chi connectivity index (χ2v) is 5.80. The van der Waals surface area contributed by atoms with Crippen molar-refractivity contribution in [1.82, 2.24) is 10.6 Å². The smallest absolute Gasteiger partial charge is 0.191 e. The zero-order valence-corrected chi connectivity index (χ0v) is 17.2. The van der Waals surface area contributed by atoms with Crippen LogP contribution in [0.1, 0.15) is 36.3 Å². The molecule has 1 atom stereocenters. The number of hydrogen-bond donors (Lipinski definition) is 3. The van der Waals surface area contributed by atoms with E-state index in [4.69, 9.17) is 4.42 Å². The van der Waals surface area contributed by atoms with Crippen molar-refractivity contribution < 1.29 is 9.52 Å². The third-order valence-corrected chi connectivity index (χ3v) is 3.64. The summed E-state index contributed by atoms with van der Waals surface area (Å²) in [4.78, 5) is 4.50. The van der Waals surface area contributed by atoms with Gasteiger partial charge in [-0.2, -0.15) is 0 Å². The molecule has 0 amide bonds. The highest BCUT2D eigenvalue weighted by Gasteiger charge is 2.08. The van der Waals surface area contributed by atoms with Crippen LogP contribution in [0.5, 0.6) is 0 Å². The first-order valence-corrected chi connectivity index (χ1v) is 8.48. The Morgan fingerprint density at radius 3 is 2.68 bits per heavy atom. The van der Waals surface area contributed by atoms with Gasteiger partial charge < -0.3 is 20.2 Å². The highest BCUT2D eigenvalue weighted by Crippen LogP contribution is 2.14. The van der Waals surface area contributed by atoms with E-state index in [1.54, 1.807) is 6.26 Å². The van der Waals surface area contributed by atoms with Crippen LogP contribution < -0.4 is 10.6 Å². The number of aliphatic hydroxyl groups excluding tert-OH is 1. The molecule has 1 aromatic heterocycles. The molecule has 0 saturated heterocycles. The molecule has 1 aromatic carbocycles. The maximum Gasteiger partial charge on any atom is 0.191 e. The third-order valence-electron chi connectivity index (χ3n) is 3.64. The van der Waals surface area contributed by atoms with Gasteiger partial charge in [-0.15, -0.1) is 24.0 Å². The molecule has 2 aromatic rings. The van der Waals surface area contributed by atoms with Crippen molar-refractivity contribution in [3.8, 4) is 0 Å². The van der Waals surface area contributed by atoms with Crippen molar-refractivity contribution in [1.29, 1.82) is 0 Å². The number of hydrogen-bond acceptors (Lipinski definition) is 3. The van der Waals surface area contributed by atoms with Gasteiger partial charge in [0.15, 0.2) is 5.96 Å². The van der Waals surface area contributed by atoms with E-state index < -0.39 is 6.10 Å². The van der Waals surface area contributed by atoms with Gasteiger partial charge in [0.1, 0.15) is 5.76 Å². The lowest BCUT2D eigenvalue weighted by Gasteiger charge is -2.14. The molecule has 2 rings (SSSR count). The molecule has 0 saturated carbocycles. The predicted molar refractivity (Wildman–Crippen MR) is 113 cm³/mol. The Balaban J connectivity index is 0.00000312. The lowest BCUT2D eigenvalue weighted by molar-refractivity contribution is 0.187. The van der Waals surface area contributed by atoms with Gasteiger partial charge in [0.05, 0.1) is 18.9 Å². The van der Waals surface area contributed by atoms with Gasteiger partial charge in [-0.25, -0.2) is 0 Å². The lowest BCUT2D eigenvalue weighted by atomic mass is 10.1. The summed E-state index contributed by atoms with van der Waals surface area (Å²) in [5.41, 5.74) is 2.03. The first-order valence-electron chi connectivity index (χ1n) is 8.48. The summed E-state index contributed by atoms with van der Waals surface area (Å²) in [6, 6.07) is 11.7. The zero-order chi connectivity index (χ0) is 17.2. The number of guanidine groups is 1. The van der Waals surface area contributed by atoms with Crippen LogP contribution in [0, 0.1) is 6.92 Å². The number of aryl methyl sites for hydroxylation is 1. The summed E-state index contributed by atoms with van der Waals surface area (Å²) >= 11 is 0. The second-order valence-electron chi connectivity index (χ2n) is 5.80. The van der Waals surface area contributed by atoms with Crippen molar-refractivity contribution in [2.24, 2.45) is 4.99 Å². The number of benzene rings is 1. The van der Waals surface area contributed by atoms with E-state index in [9.17, 15) is 5.11 Å². The van der Waals surface area contributed by atoms with Gasteiger partial charge in [-0.3, -0.25) is 4.99 Å². The highest BCUT2D eigenvalue weighted by molar-refractivity contribution is 14.0. The van der Waals surface area contributed by atoms with Gasteiger partial charge in [-0.05, 0) is 31.0 Å². The molecule has 0 bridgehead atoms. The standard InChI is InChI=1S/C19H27N3O2.HI/c1-3-10-20-19(21-11-9-17-8-5-12-24-17)22-14-18(23)16-7-4-6-15(2)13-16;/h4-8,12-13,18,23H,3,9-11,14H2,1-2H3,(H2,20,21,22);1H. The van der Waals surface area contributed by atoms with E-state index in [-0.39, 0.29) is 24.0 Å². The Kier molecular flexibility index (Phi) is 10.3. The molecule has 1 unspecified atom stereocenters. The molecular formula is C19H28IN3O2. The fraction of sp³-hybridized carbons (Fsp3) is 0.421. The van der Waals surface area contributed by atoms with Gasteiger partial charge in [0.25, 0.3) is 0 Å². The molecule has 0 radical (unpaired) electrons. The van der Waals surface area contributed by atoms with Gasteiger partial charge in [0, 0.05) is 19.5 Å². The van der Waals surface area contributed by atoms with Crippen molar-refractivity contribution >= 4 is 29.9 Å². The molecule has 0 aliphatic carbocycles. The minimum absolute atomic E-state index is 0. The molecule has 3 N–H and O–H groups in total. The Bertz CT molecular complexity index is 629. The summed E-state index contributed by atoms with van der Waals surface area (Å²) in [7, 11) is 0. The van der Waals surface area contributed by atoms with E-state index in [1.165, 1.54) is 0 Å². The van der Waals surface area contributed by atoms with Crippen LogP contribution in [0.3, 0.4) is 0 Å². The third kappa shape index (κ3) is 7.92. The van der Waals surface area contributed by atoms with Crippen molar-refractivity contribution in [3.63, 3.8) is 0 Å². The van der Waals surface area contributed by atoms with Crippen LogP contribution in [0.15, 0.2) is 52.1 Å². The number of furan rings is 1. The normalized spacial score (nSPS) is 12.4. The van der Waals surface area contributed by atoms with Crippen molar-refractivity contribution in [2.45, 2.75) is 32.8 Å². The summed E-state index contributed by atoms with van der Waals surface area (Å²) in [6.07, 6.45) is 2.88. The van der Waals surface area contributed by atoms with Crippen LogP contribution in [0.2, 0.25) is 0 Å². The van der Waals surface area contributed by atoms with Crippen molar-refractivity contribution in [2.75, 3.05) is 19.6 Å². The first-order chi connectivity index (χ1) is 11.7. The molecule has 0 spiro atoms. The highest BCUT2D eigenvalue weighted by atomic mass is 127. The summed E-state index contributed by atoms with van der Waals surface area (Å²) < 4.78 is 5.32. The molecule has 0 aliphatic rings. The number of halogens is 1. The van der Waals surface area contributed by atoms with E-state index in [2.05, 4.69) is 22.5 Å². The molecule has 0 fully saturated rings. The van der Waals surface area contributed by atoms with Crippen LogP contribution in [0.25, 0.3) is 0 Å². The maximum absolute atomic E-state index is 10.3. The van der Waals surface area contributed by atoms with E-state index in [1.807, 2.05) is 43.3 Å². The zero-order valence-electron chi connectivity index (χ0n) is 14.9. The number of nitrogens with zero attached hydrogens (tertiary/aromatic N) is 1. The second kappa shape index (κ2) is 11.9. The maximum atomic E-state index is 10.3. The average Bonchev–Trinajstić information content (AvgIpc) is 3.10.